The number of rotatable bonds is 3. The Morgan fingerprint density at radius 1 is 1.35 bits per heavy atom. The highest BCUT2D eigenvalue weighted by Crippen LogP contribution is 2.38. The smallest absolute Gasteiger partial charge is 0.338 e. The highest BCUT2D eigenvalue weighted by atomic mass is 19.1. The van der Waals surface area contributed by atoms with Gasteiger partial charge in [-0.2, -0.15) is 0 Å². The molecule has 2 aliphatic rings. The first-order chi connectivity index (χ1) is 9.70. The maximum Gasteiger partial charge on any atom is 0.338 e. The lowest BCUT2D eigenvalue weighted by atomic mass is 9.86. The van der Waals surface area contributed by atoms with Crippen LogP contribution in [0, 0.1) is 0 Å². The molecular formula is C16H20FNO2. The minimum atomic E-state index is -0.731. The maximum atomic E-state index is 13.5. The number of hydrogen-bond donors (Lipinski definition) is 0. The van der Waals surface area contributed by atoms with Gasteiger partial charge >= 0.3 is 5.97 Å². The summed E-state index contributed by atoms with van der Waals surface area (Å²) in [6, 6.07) is 9.03. The molecule has 2 fully saturated rings. The van der Waals surface area contributed by atoms with Crippen LogP contribution >= 0.6 is 0 Å². The topological polar surface area (TPSA) is 29.5 Å². The number of ether oxygens (including phenoxy) is 1. The summed E-state index contributed by atoms with van der Waals surface area (Å²) >= 11 is 0. The lowest BCUT2D eigenvalue weighted by Gasteiger charge is -2.42. The Labute approximate surface area is 118 Å². The van der Waals surface area contributed by atoms with Crippen molar-refractivity contribution in [1.29, 1.82) is 0 Å². The van der Waals surface area contributed by atoms with Crippen LogP contribution in [0.3, 0.4) is 0 Å². The van der Waals surface area contributed by atoms with Gasteiger partial charge in [0.15, 0.2) is 0 Å². The molecule has 0 spiro atoms. The summed E-state index contributed by atoms with van der Waals surface area (Å²) in [5, 5.41) is 0. The average molecular weight is 277 g/mol. The number of carbonyl (C=O) groups excluding carboxylic acids is 1. The number of carbonyl (C=O) groups is 1. The van der Waals surface area contributed by atoms with E-state index in [0.717, 1.165) is 25.8 Å². The van der Waals surface area contributed by atoms with Crippen LogP contribution in [-0.2, 0) is 4.74 Å². The number of halogens is 1. The molecule has 0 radical (unpaired) electrons. The molecule has 0 amide bonds. The highest BCUT2D eigenvalue weighted by molar-refractivity contribution is 5.89. The quantitative estimate of drug-likeness (QED) is 0.796. The lowest BCUT2D eigenvalue weighted by Crippen LogP contribution is -2.53. The molecule has 0 unspecified atom stereocenters. The first-order valence-corrected chi connectivity index (χ1v) is 7.31. The standard InChI is InChI=1S/C16H20FNO2/c17-14-7-9-16(8-4-10-18(16)11-14)12-20-15(19)13-5-2-1-3-6-13/h1-3,5-6,14H,4,7-12H2/t14-,16+/m1/s1. The van der Waals surface area contributed by atoms with Gasteiger partial charge in [0.1, 0.15) is 12.8 Å². The van der Waals surface area contributed by atoms with E-state index in [1.807, 2.05) is 18.2 Å². The Kier molecular flexibility index (Phi) is 3.74. The highest BCUT2D eigenvalue weighted by Gasteiger charge is 2.45. The van der Waals surface area contributed by atoms with Gasteiger partial charge in [-0.1, -0.05) is 18.2 Å². The molecule has 3 rings (SSSR count). The van der Waals surface area contributed by atoms with E-state index in [1.54, 1.807) is 12.1 Å². The van der Waals surface area contributed by atoms with E-state index in [1.165, 1.54) is 0 Å². The van der Waals surface area contributed by atoms with Crippen LogP contribution in [0.25, 0.3) is 0 Å². The first-order valence-electron chi connectivity index (χ1n) is 7.31. The Balaban J connectivity index is 1.64. The molecule has 0 aromatic heterocycles. The fourth-order valence-corrected chi connectivity index (χ4v) is 3.41. The fourth-order valence-electron chi connectivity index (χ4n) is 3.41. The lowest BCUT2D eigenvalue weighted by molar-refractivity contribution is -0.0169. The summed E-state index contributed by atoms with van der Waals surface area (Å²) in [6.45, 7) is 1.79. The molecular weight excluding hydrogens is 257 g/mol. The van der Waals surface area contributed by atoms with E-state index < -0.39 is 6.17 Å². The second-order valence-corrected chi connectivity index (χ2v) is 5.85. The molecule has 1 aromatic carbocycles. The summed E-state index contributed by atoms with van der Waals surface area (Å²) in [6.07, 6.45) is 2.71. The van der Waals surface area contributed by atoms with Gasteiger partial charge in [-0.05, 0) is 44.4 Å². The van der Waals surface area contributed by atoms with E-state index >= 15 is 0 Å². The van der Waals surface area contributed by atoms with Gasteiger partial charge in [0, 0.05) is 6.54 Å². The average Bonchev–Trinajstić information content (AvgIpc) is 2.89. The van der Waals surface area contributed by atoms with Crippen molar-refractivity contribution in [2.24, 2.45) is 0 Å². The maximum absolute atomic E-state index is 13.5. The van der Waals surface area contributed by atoms with Gasteiger partial charge in [-0.15, -0.1) is 0 Å². The largest absolute Gasteiger partial charge is 0.460 e. The summed E-state index contributed by atoms with van der Waals surface area (Å²) < 4.78 is 19.0. The van der Waals surface area contributed by atoms with Crippen LogP contribution < -0.4 is 0 Å². The van der Waals surface area contributed by atoms with Crippen molar-refractivity contribution in [2.45, 2.75) is 37.4 Å². The zero-order valence-corrected chi connectivity index (χ0v) is 11.6. The van der Waals surface area contributed by atoms with E-state index in [4.69, 9.17) is 4.74 Å². The van der Waals surface area contributed by atoms with Crippen molar-refractivity contribution in [3.05, 3.63) is 35.9 Å². The van der Waals surface area contributed by atoms with Gasteiger partial charge in [0.05, 0.1) is 11.1 Å². The van der Waals surface area contributed by atoms with E-state index in [-0.39, 0.29) is 11.5 Å². The summed E-state index contributed by atoms with van der Waals surface area (Å²) in [4.78, 5) is 14.2. The number of hydrogen-bond acceptors (Lipinski definition) is 3. The molecule has 2 heterocycles. The van der Waals surface area contributed by atoms with E-state index in [2.05, 4.69) is 4.90 Å². The van der Waals surface area contributed by atoms with Crippen molar-refractivity contribution >= 4 is 5.97 Å². The molecule has 2 atom stereocenters. The van der Waals surface area contributed by atoms with Crippen molar-refractivity contribution in [2.75, 3.05) is 19.7 Å². The number of piperidine rings is 1. The minimum Gasteiger partial charge on any atom is -0.460 e. The number of fused-ring (bicyclic) bond motifs is 1. The van der Waals surface area contributed by atoms with Crippen LogP contribution in [0.2, 0.25) is 0 Å². The summed E-state index contributed by atoms with van der Waals surface area (Å²) in [7, 11) is 0. The molecule has 2 saturated heterocycles. The van der Waals surface area contributed by atoms with Gasteiger partial charge in [-0.3, -0.25) is 4.90 Å². The normalized spacial score (nSPS) is 29.9. The van der Waals surface area contributed by atoms with E-state index in [9.17, 15) is 9.18 Å². The second-order valence-electron chi connectivity index (χ2n) is 5.85. The predicted octanol–water partition coefficient (Wildman–Crippen LogP) is 2.81. The van der Waals surface area contributed by atoms with Crippen LogP contribution in [0.15, 0.2) is 30.3 Å². The van der Waals surface area contributed by atoms with Gasteiger partial charge in [0.2, 0.25) is 0 Å². The van der Waals surface area contributed by atoms with Gasteiger partial charge in [-0.25, -0.2) is 9.18 Å². The van der Waals surface area contributed by atoms with Crippen LogP contribution in [0.4, 0.5) is 4.39 Å². The van der Waals surface area contributed by atoms with Crippen molar-refractivity contribution in [3.63, 3.8) is 0 Å². The predicted molar refractivity (Wildman–Crippen MR) is 74.4 cm³/mol. The minimum absolute atomic E-state index is 0.118. The van der Waals surface area contributed by atoms with Crippen molar-refractivity contribution in [3.8, 4) is 0 Å². The summed E-state index contributed by atoms with van der Waals surface area (Å²) in [5.41, 5.74) is 0.458. The summed E-state index contributed by atoms with van der Waals surface area (Å²) in [5.74, 6) is -0.283. The number of nitrogens with zero attached hydrogens (tertiary/aromatic N) is 1. The third-order valence-corrected chi connectivity index (χ3v) is 4.56. The Morgan fingerprint density at radius 3 is 2.95 bits per heavy atom. The number of benzene rings is 1. The molecule has 108 valence electrons. The Bertz CT molecular complexity index is 479. The van der Waals surface area contributed by atoms with Gasteiger partial charge in [0.25, 0.3) is 0 Å². The zero-order valence-electron chi connectivity index (χ0n) is 11.6. The first kappa shape index (κ1) is 13.6. The third-order valence-electron chi connectivity index (χ3n) is 4.56. The van der Waals surface area contributed by atoms with Crippen LogP contribution in [0.1, 0.15) is 36.0 Å². The Morgan fingerprint density at radius 2 is 2.15 bits per heavy atom. The molecule has 20 heavy (non-hydrogen) atoms. The second kappa shape index (κ2) is 5.52. The molecule has 0 saturated carbocycles. The molecule has 0 aliphatic carbocycles. The molecule has 3 nitrogen and oxygen atoms in total. The van der Waals surface area contributed by atoms with Crippen molar-refractivity contribution in [1.82, 2.24) is 4.90 Å². The monoisotopic (exact) mass is 277 g/mol. The van der Waals surface area contributed by atoms with E-state index in [0.29, 0.717) is 25.1 Å². The van der Waals surface area contributed by atoms with Crippen LogP contribution in [0.5, 0.6) is 0 Å². The SMILES string of the molecule is O=C(OC[C@@]12CCCN1C[C@H](F)CC2)c1ccccc1. The molecule has 4 heteroatoms. The third kappa shape index (κ3) is 2.57. The number of esters is 1. The fraction of sp³-hybridized carbons (Fsp3) is 0.562. The van der Waals surface area contributed by atoms with Crippen molar-refractivity contribution < 1.29 is 13.9 Å². The molecule has 2 aliphatic heterocycles. The molecule has 0 bridgehead atoms. The zero-order chi connectivity index (χ0) is 14.0. The number of alkyl halides is 1. The van der Waals surface area contributed by atoms with Gasteiger partial charge < -0.3 is 4.74 Å². The molecule has 0 N–H and O–H groups in total. The van der Waals surface area contributed by atoms with Crippen LogP contribution in [-0.4, -0.2) is 42.3 Å². The molecule has 1 aromatic rings. The Hall–Kier alpha value is -1.42.